The highest BCUT2D eigenvalue weighted by Crippen LogP contribution is 2.20. The molecule has 0 aliphatic carbocycles. The van der Waals surface area contributed by atoms with Gasteiger partial charge in [0.1, 0.15) is 17.9 Å². The van der Waals surface area contributed by atoms with E-state index in [2.05, 4.69) is 10.2 Å². The fourth-order valence-electron chi connectivity index (χ4n) is 3.53. The minimum atomic E-state index is -0.441. The number of carbonyl (C=O) groups excluding carboxylic acids is 2. The largest absolute Gasteiger partial charge is 0.342 e. The lowest BCUT2D eigenvalue weighted by atomic mass is 9.97. The van der Waals surface area contributed by atoms with E-state index < -0.39 is 12.1 Å². The van der Waals surface area contributed by atoms with Crippen molar-refractivity contribution in [2.75, 3.05) is 19.6 Å². The molecule has 2 saturated heterocycles. The molecule has 24 heavy (non-hydrogen) atoms. The van der Waals surface area contributed by atoms with Crippen molar-refractivity contribution in [1.29, 1.82) is 0 Å². The van der Waals surface area contributed by atoms with E-state index in [1.807, 2.05) is 19.9 Å². The molecule has 0 aromatic heterocycles. The first kappa shape index (κ1) is 16.9. The average Bonchev–Trinajstić information content (AvgIpc) is 2.52. The Hall–Kier alpha value is -1.95. The van der Waals surface area contributed by atoms with Gasteiger partial charge in [0.05, 0.1) is 0 Å². The van der Waals surface area contributed by atoms with Crippen molar-refractivity contribution >= 4 is 11.8 Å². The topological polar surface area (TPSA) is 52.7 Å². The van der Waals surface area contributed by atoms with Crippen molar-refractivity contribution in [3.63, 3.8) is 0 Å². The van der Waals surface area contributed by atoms with Gasteiger partial charge in [-0.05, 0) is 30.0 Å². The van der Waals surface area contributed by atoms with E-state index in [4.69, 9.17) is 0 Å². The predicted molar refractivity (Wildman–Crippen MR) is 88.6 cm³/mol. The van der Waals surface area contributed by atoms with Gasteiger partial charge < -0.3 is 10.2 Å². The molecule has 0 unspecified atom stereocenters. The van der Waals surface area contributed by atoms with Crippen LogP contribution in [0, 0.1) is 11.7 Å². The molecule has 1 aromatic rings. The number of hydrogen-bond donors (Lipinski definition) is 1. The summed E-state index contributed by atoms with van der Waals surface area (Å²) in [6.45, 7) is 6.40. The number of nitrogens with zero attached hydrogens (tertiary/aromatic N) is 2. The predicted octanol–water partition coefficient (Wildman–Crippen LogP) is 1.38. The monoisotopic (exact) mass is 333 g/mol. The highest BCUT2D eigenvalue weighted by atomic mass is 19.1. The summed E-state index contributed by atoms with van der Waals surface area (Å²) in [7, 11) is 0. The minimum Gasteiger partial charge on any atom is -0.342 e. The summed E-state index contributed by atoms with van der Waals surface area (Å²) in [5.74, 6) is 0.0428. The van der Waals surface area contributed by atoms with Crippen molar-refractivity contribution < 1.29 is 14.0 Å². The van der Waals surface area contributed by atoms with Crippen LogP contribution < -0.4 is 5.32 Å². The Morgan fingerprint density at radius 2 is 2.08 bits per heavy atom. The number of amides is 2. The molecule has 2 fully saturated rings. The van der Waals surface area contributed by atoms with Crippen LogP contribution in [-0.4, -0.2) is 53.3 Å². The number of carbonyl (C=O) groups is 2. The fourth-order valence-corrected chi connectivity index (χ4v) is 3.53. The number of rotatable bonds is 4. The third-order valence-corrected chi connectivity index (χ3v) is 4.67. The van der Waals surface area contributed by atoms with Gasteiger partial charge in [-0.25, -0.2) is 4.39 Å². The molecular formula is C18H24FN3O2. The summed E-state index contributed by atoms with van der Waals surface area (Å²) in [5, 5.41) is 2.87. The zero-order chi connectivity index (χ0) is 17.3. The lowest BCUT2D eigenvalue weighted by molar-refractivity contribution is -0.153. The lowest BCUT2D eigenvalue weighted by Crippen LogP contribution is -2.69. The minimum absolute atomic E-state index is 0.0266. The molecule has 0 bridgehead atoms. The summed E-state index contributed by atoms with van der Waals surface area (Å²) in [6.07, 6.45) is 0.667. The van der Waals surface area contributed by atoms with E-state index in [1.54, 1.807) is 11.0 Å². The van der Waals surface area contributed by atoms with Crippen LogP contribution in [-0.2, 0) is 16.1 Å². The van der Waals surface area contributed by atoms with E-state index >= 15 is 0 Å². The van der Waals surface area contributed by atoms with Gasteiger partial charge in [0.2, 0.25) is 11.8 Å². The Balaban J connectivity index is 1.66. The molecule has 2 aliphatic rings. The summed E-state index contributed by atoms with van der Waals surface area (Å²) >= 11 is 0. The average molecular weight is 333 g/mol. The van der Waals surface area contributed by atoms with E-state index in [1.165, 1.54) is 12.1 Å². The highest BCUT2D eigenvalue weighted by molar-refractivity contribution is 5.97. The normalized spacial score (nSPS) is 24.9. The Bertz CT molecular complexity index is 634. The second-order valence-electron chi connectivity index (χ2n) is 7.10. The van der Waals surface area contributed by atoms with Gasteiger partial charge in [-0.1, -0.05) is 26.0 Å². The summed E-state index contributed by atoms with van der Waals surface area (Å²) < 4.78 is 13.3. The maximum absolute atomic E-state index is 13.3. The van der Waals surface area contributed by atoms with Crippen molar-refractivity contribution in [1.82, 2.24) is 15.1 Å². The summed E-state index contributed by atoms with van der Waals surface area (Å²) in [5.41, 5.74) is 0.878. The molecule has 6 heteroatoms. The van der Waals surface area contributed by atoms with Crippen LogP contribution in [0.3, 0.4) is 0 Å². The summed E-state index contributed by atoms with van der Waals surface area (Å²) in [6, 6.07) is 5.65. The number of piperazine rings is 2. The maximum Gasteiger partial charge on any atom is 0.245 e. The molecule has 2 heterocycles. The van der Waals surface area contributed by atoms with E-state index in [9.17, 15) is 14.0 Å². The van der Waals surface area contributed by atoms with Crippen molar-refractivity contribution in [3.05, 3.63) is 35.6 Å². The third kappa shape index (κ3) is 3.59. The van der Waals surface area contributed by atoms with Crippen molar-refractivity contribution in [2.45, 2.75) is 38.9 Å². The quantitative estimate of drug-likeness (QED) is 0.906. The lowest BCUT2D eigenvalue weighted by Gasteiger charge is -2.45. The SMILES string of the molecule is CC(C)C[C@@H]1NC(=O)[C@H]2CN(Cc3cccc(F)c3)CCN2C1=O. The number of nitrogens with one attached hydrogen (secondary N) is 1. The van der Waals surface area contributed by atoms with Crippen LogP contribution in [0.1, 0.15) is 25.8 Å². The van der Waals surface area contributed by atoms with Crippen LogP contribution in [0.15, 0.2) is 24.3 Å². The molecule has 0 saturated carbocycles. The first-order valence-corrected chi connectivity index (χ1v) is 8.51. The molecule has 2 aliphatic heterocycles. The van der Waals surface area contributed by atoms with Crippen molar-refractivity contribution in [3.8, 4) is 0 Å². The Morgan fingerprint density at radius 1 is 1.29 bits per heavy atom. The zero-order valence-electron chi connectivity index (χ0n) is 14.2. The maximum atomic E-state index is 13.3. The molecule has 2 amide bonds. The molecule has 2 atom stereocenters. The molecule has 5 nitrogen and oxygen atoms in total. The van der Waals surface area contributed by atoms with Crippen LogP contribution in [0.5, 0.6) is 0 Å². The first-order valence-electron chi connectivity index (χ1n) is 8.51. The third-order valence-electron chi connectivity index (χ3n) is 4.67. The second-order valence-corrected chi connectivity index (χ2v) is 7.10. The van der Waals surface area contributed by atoms with Gasteiger partial charge in [-0.2, -0.15) is 0 Å². The van der Waals surface area contributed by atoms with Crippen molar-refractivity contribution in [2.24, 2.45) is 5.92 Å². The molecule has 130 valence electrons. The Kier molecular flexibility index (Phi) is 4.85. The number of benzene rings is 1. The molecule has 0 spiro atoms. The van der Waals surface area contributed by atoms with Crippen LogP contribution in [0.25, 0.3) is 0 Å². The van der Waals surface area contributed by atoms with E-state index in [0.29, 0.717) is 38.5 Å². The zero-order valence-corrected chi connectivity index (χ0v) is 14.2. The standard InChI is InChI=1S/C18H24FN3O2/c1-12(2)8-15-18(24)22-7-6-21(11-16(22)17(23)20-15)10-13-4-3-5-14(19)9-13/h3-5,9,12,15-16H,6-8,10-11H2,1-2H3,(H,20,23)/t15-,16+/m0/s1. The highest BCUT2D eigenvalue weighted by Gasteiger charge is 2.43. The Labute approximate surface area is 141 Å². The Morgan fingerprint density at radius 3 is 2.79 bits per heavy atom. The second kappa shape index (κ2) is 6.89. The van der Waals surface area contributed by atoms with Gasteiger partial charge in [-0.3, -0.25) is 14.5 Å². The van der Waals surface area contributed by atoms with Crippen LogP contribution in [0.4, 0.5) is 4.39 Å². The fraction of sp³-hybridized carbons (Fsp3) is 0.556. The first-order chi connectivity index (χ1) is 11.4. The van der Waals surface area contributed by atoms with Gasteiger partial charge in [0.25, 0.3) is 0 Å². The number of fused-ring (bicyclic) bond motifs is 1. The van der Waals surface area contributed by atoms with Gasteiger partial charge in [-0.15, -0.1) is 0 Å². The molecule has 3 rings (SSSR count). The molecule has 0 radical (unpaired) electrons. The molecule has 1 aromatic carbocycles. The molecule has 1 N–H and O–H groups in total. The summed E-state index contributed by atoms with van der Waals surface area (Å²) in [4.78, 5) is 28.8. The molecular weight excluding hydrogens is 309 g/mol. The van der Waals surface area contributed by atoms with Crippen LogP contribution >= 0.6 is 0 Å². The number of halogens is 1. The smallest absolute Gasteiger partial charge is 0.245 e. The number of hydrogen-bond acceptors (Lipinski definition) is 3. The van der Waals surface area contributed by atoms with Crippen LogP contribution in [0.2, 0.25) is 0 Å². The van der Waals surface area contributed by atoms with Gasteiger partial charge >= 0.3 is 0 Å². The van der Waals surface area contributed by atoms with E-state index in [0.717, 1.165) is 5.56 Å². The van der Waals surface area contributed by atoms with E-state index in [-0.39, 0.29) is 17.6 Å². The van der Waals surface area contributed by atoms with Gasteiger partial charge in [0, 0.05) is 26.2 Å². The van der Waals surface area contributed by atoms with Gasteiger partial charge in [0.15, 0.2) is 0 Å².